The molecule has 0 radical (unpaired) electrons. The zero-order chi connectivity index (χ0) is 20.0. The highest BCUT2D eigenvalue weighted by molar-refractivity contribution is 9.10. The quantitative estimate of drug-likeness (QED) is 0.381. The molecule has 0 aliphatic rings. The predicted molar refractivity (Wildman–Crippen MR) is 96.8 cm³/mol. The lowest BCUT2D eigenvalue weighted by atomic mass is 10.2. The molecule has 0 aliphatic carbocycles. The van der Waals surface area contributed by atoms with E-state index in [1.807, 2.05) is 0 Å². The maximum atomic E-state index is 11.7. The van der Waals surface area contributed by atoms with Gasteiger partial charge in [-0.1, -0.05) is 0 Å². The maximum Gasteiger partial charge on any atom is 0.310 e. The summed E-state index contributed by atoms with van der Waals surface area (Å²) in [5.41, 5.74) is 1.93. The number of hydrogen-bond acceptors (Lipinski definition) is 8. The molecule has 0 atom stereocenters. The number of non-ortho nitro benzene ring substituents is 1. The van der Waals surface area contributed by atoms with Crippen LogP contribution >= 0.6 is 15.9 Å². The molecule has 0 saturated heterocycles. The standard InChI is InChI=1S/C15H11BrN4O7/c16-11-6-10(19(23)24)2-4-14(11)27-8-15(22)18-17-7-9-1-3-12(20(25)26)13(21)5-9/h1-7,21H,8H2,(H,18,22)/b17-7+. The third-order valence-corrected chi connectivity index (χ3v) is 3.70. The summed E-state index contributed by atoms with van der Waals surface area (Å²) in [6, 6.07) is 7.39. The van der Waals surface area contributed by atoms with Gasteiger partial charge in [0.25, 0.3) is 11.6 Å². The van der Waals surface area contributed by atoms with Crippen molar-refractivity contribution in [3.05, 3.63) is 66.7 Å². The number of nitro groups is 2. The molecule has 27 heavy (non-hydrogen) atoms. The molecule has 0 spiro atoms. The first-order valence-electron chi connectivity index (χ1n) is 7.14. The lowest BCUT2D eigenvalue weighted by Gasteiger charge is -2.06. The lowest BCUT2D eigenvalue weighted by Crippen LogP contribution is -2.24. The summed E-state index contributed by atoms with van der Waals surface area (Å²) in [6.07, 6.45) is 1.18. The number of rotatable bonds is 7. The van der Waals surface area contributed by atoms with Crippen LogP contribution in [0.3, 0.4) is 0 Å². The Labute approximate surface area is 159 Å². The van der Waals surface area contributed by atoms with E-state index in [2.05, 4.69) is 26.5 Å². The van der Waals surface area contributed by atoms with Crippen LogP contribution in [0.4, 0.5) is 11.4 Å². The number of carbonyl (C=O) groups excluding carboxylic acids is 1. The molecule has 2 aromatic carbocycles. The Morgan fingerprint density at radius 1 is 1.22 bits per heavy atom. The van der Waals surface area contributed by atoms with Crippen molar-refractivity contribution in [2.45, 2.75) is 0 Å². The van der Waals surface area contributed by atoms with Gasteiger partial charge >= 0.3 is 5.69 Å². The van der Waals surface area contributed by atoms with E-state index in [0.29, 0.717) is 10.0 Å². The highest BCUT2D eigenvalue weighted by Gasteiger charge is 2.13. The van der Waals surface area contributed by atoms with Gasteiger partial charge in [0.1, 0.15) is 5.75 Å². The second kappa shape index (κ2) is 8.71. The van der Waals surface area contributed by atoms with E-state index in [1.165, 1.54) is 30.5 Å². The minimum Gasteiger partial charge on any atom is -0.502 e. The average molecular weight is 439 g/mol. The van der Waals surface area contributed by atoms with Crippen LogP contribution in [-0.2, 0) is 4.79 Å². The van der Waals surface area contributed by atoms with Crippen molar-refractivity contribution < 1.29 is 24.5 Å². The van der Waals surface area contributed by atoms with Gasteiger partial charge in [-0.05, 0) is 39.7 Å². The number of phenolic OH excluding ortho intramolecular Hbond substituents is 1. The third-order valence-electron chi connectivity index (χ3n) is 3.08. The number of aromatic hydroxyl groups is 1. The van der Waals surface area contributed by atoms with E-state index >= 15 is 0 Å². The Morgan fingerprint density at radius 3 is 2.56 bits per heavy atom. The molecule has 0 bridgehead atoms. The van der Waals surface area contributed by atoms with Crippen LogP contribution in [0.15, 0.2) is 46.0 Å². The fraction of sp³-hybridized carbons (Fsp3) is 0.0667. The fourth-order valence-electron chi connectivity index (χ4n) is 1.85. The normalized spacial score (nSPS) is 10.6. The highest BCUT2D eigenvalue weighted by atomic mass is 79.9. The number of carbonyl (C=O) groups is 1. The molecule has 2 N–H and O–H groups in total. The summed E-state index contributed by atoms with van der Waals surface area (Å²) in [4.78, 5) is 31.7. The van der Waals surface area contributed by atoms with Gasteiger partial charge in [0.05, 0.1) is 20.5 Å². The number of hydrogen-bond donors (Lipinski definition) is 2. The summed E-state index contributed by atoms with van der Waals surface area (Å²) >= 11 is 3.11. The van der Waals surface area contributed by atoms with Gasteiger partial charge in [0, 0.05) is 18.2 Å². The summed E-state index contributed by atoms with van der Waals surface area (Å²) in [6.45, 7) is -0.404. The first kappa shape index (κ1) is 19.8. The van der Waals surface area contributed by atoms with Gasteiger partial charge in [-0.15, -0.1) is 0 Å². The van der Waals surface area contributed by atoms with Crippen LogP contribution in [0.2, 0.25) is 0 Å². The number of ether oxygens (including phenoxy) is 1. The minimum absolute atomic E-state index is 0.130. The summed E-state index contributed by atoms with van der Waals surface area (Å²) in [5.74, 6) is -0.899. The van der Waals surface area contributed by atoms with Crippen molar-refractivity contribution in [2.75, 3.05) is 6.61 Å². The predicted octanol–water partition coefficient (Wildman–Crippen LogP) is 2.50. The van der Waals surface area contributed by atoms with Gasteiger partial charge in [-0.3, -0.25) is 25.0 Å². The molecule has 0 fully saturated rings. The molecule has 0 unspecified atom stereocenters. The Bertz CT molecular complexity index is 932. The van der Waals surface area contributed by atoms with E-state index in [1.54, 1.807) is 0 Å². The largest absolute Gasteiger partial charge is 0.502 e. The monoisotopic (exact) mass is 438 g/mol. The SMILES string of the molecule is O=C(COc1ccc([N+](=O)[O-])cc1Br)N/N=C/c1ccc([N+](=O)[O-])c(O)c1. The number of nitrogens with zero attached hydrogens (tertiary/aromatic N) is 3. The third kappa shape index (κ3) is 5.47. The van der Waals surface area contributed by atoms with E-state index in [0.717, 1.165) is 12.1 Å². The highest BCUT2D eigenvalue weighted by Crippen LogP contribution is 2.29. The zero-order valence-electron chi connectivity index (χ0n) is 13.4. The smallest absolute Gasteiger partial charge is 0.310 e. The number of benzene rings is 2. The fourth-order valence-corrected chi connectivity index (χ4v) is 2.33. The molecule has 2 rings (SSSR count). The Balaban J connectivity index is 1.89. The summed E-state index contributed by atoms with van der Waals surface area (Å²) in [7, 11) is 0. The van der Waals surface area contributed by atoms with Crippen LogP contribution in [0.25, 0.3) is 0 Å². The van der Waals surface area contributed by atoms with Crippen molar-refractivity contribution in [1.82, 2.24) is 5.43 Å². The molecular formula is C15H11BrN4O7. The molecule has 0 aromatic heterocycles. The lowest BCUT2D eigenvalue weighted by molar-refractivity contribution is -0.385. The molecule has 0 heterocycles. The first-order valence-corrected chi connectivity index (χ1v) is 7.93. The molecule has 1 amide bonds. The van der Waals surface area contributed by atoms with Crippen LogP contribution in [0, 0.1) is 20.2 Å². The number of halogens is 1. The van der Waals surface area contributed by atoms with E-state index < -0.39 is 33.8 Å². The molecule has 140 valence electrons. The number of hydrazone groups is 1. The molecular weight excluding hydrogens is 428 g/mol. The van der Waals surface area contributed by atoms with Crippen molar-refractivity contribution in [3.8, 4) is 11.5 Å². The first-order chi connectivity index (χ1) is 12.8. The minimum atomic E-state index is -0.730. The molecule has 2 aromatic rings. The number of phenols is 1. The van der Waals surface area contributed by atoms with E-state index in [9.17, 15) is 30.1 Å². The number of nitro benzene ring substituents is 2. The van der Waals surface area contributed by atoms with Gasteiger partial charge in [0.15, 0.2) is 12.4 Å². The molecule has 0 aliphatic heterocycles. The second-order valence-corrected chi connectivity index (χ2v) is 5.81. The maximum absolute atomic E-state index is 11.7. The second-order valence-electron chi connectivity index (χ2n) is 4.96. The number of nitrogens with one attached hydrogen (secondary N) is 1. The van der Waals surface area contributed by atoms with Gasteiger partial charge in [-0.25, -0.2) is 5.43 Å². The molecule has 11 nitrogen and oxygen atoms in total. The van der Waals surface area contributed by atoms with E-state index in [-0.39, 0.29) is 11.4 Å². The Kier molecular flexibility index (Phi) is 6.38. The van der Waals surface area contributed by atoms with Crippen LogP contribution in [0.1, 0.15) is 5.56 Å². The van der Waals surface area contributed by atoms with Crippen molar-refractivity contribution >= 4 is 39.4 Å². The molecule has 12 heteroatoms. The Morgan fingerprint density at radius 2 is 1.96 bits per heavy atom. The van der Waals surface area contributed by atoms with Gasteiger partial charge in [-0.2, -0.15) is 5.10 Å². The van der Waals surface area contributed by atoms with Crippen molar-refractivity contribution in [1.29, 1.82) is 0 Å². The van der Waals surface area contributed by atoms with E-state index in [4.69, 9.17) is 4.74 Å². The van der Waals surface area contributed by atoms with Crippen molar-refractivity contribution in [3.63, 3.8) is 0 Å². The van der Waals surface area contributed by atoms with Crippen molar-refractivity contribution in [2.24, 2.45) is 5.10 Å². The number of amides is 1. The average Bonchev–Trinajstić information content (AvgIpc) is 2.60. The molecule has 0 saturated carbocycles. The summed E-state index contributed by atoms with van der Waals surface area (Å²) in [5, 5.41) is 34.4. The Hall–Kier alpha value is -3.54. The van der Waals surface area contributed by atoms with Gasteiger partial charge < -0.3 is 9.84 Å². The van der Waals surface area contributed by atoms with Crippen LogP contribution < -0.4 is 10.2 Å². The van der Waals surface area contributed by atoms with Crippen LogP contribution in [-0.4, -0.2) is 33.7 Å². The summed E-state index contributed by atoms with van der Waals surface area (Å²) < 4.78 is 5.54. The zero-order valence-corrected chi connectivity index (χ0v) is 15.0. The van der Waals surface area contributed by atoms with Crippen LogP contribution in [0.5, 0.6) is 11.5 Å². The topological polar surface area (TPSA) is 157 Å². The van der Waals surface area contributed by atoms with Gasteiger partial charge in [0.2, 0.25) is 0 Å².